The molecule has 2 aromatic rings. The van der Waals surface area contributed by atoms with E-state index in [1.165, 1.54) is 0 Å². The number of phenols is 2. The quantitative estimate of drug-likeness (QED) is 0.418. The number of ether oxygens (including phenoxy) is 2. The summed E-state index contributed by atoms with van der Waals surface area (Å²) in [5, 5.41) is 20.4. The zero-order valence-corrected chi connectivity index (χ0v) is 17.3. The highest BCUT2D eigenvalue weighted by atomic mass is 35.5. The maximum atomic E-state index is 12.8. The van der Waals surface area contributed by atoms with Crippen molar-refractivity contribution >= 4 is 40.8 Å². The Morgan fingerprint density at radius 3 is 2.11 bits per heavy atom. The van der Waals surface area contributed by atoms with Gasteiger partial charge in [0.15, 0.2) is 23.0 Å². The molecule has 1 aliphatic heterocycles. The number of rotatable bonds is 2. The average Bonchev–Trinajstić information content (AvgIpc) is 2.79. The molecule has 2 N–H and O–H groups in total. The van der Waals surface area contributed by atoms with Gasteiger partial charge in [-0.05, 0) is 31.7 Å². The second-order valence-corrected chi connectivity index (χ2v) is 7.60. The molecule has 0 saturated carbocycles. The van der Waals surface area contributed by atoms with Gasteiger partial charge < -0.3 is 19.7 Å². The SMILES string of the molecule is CCC(C)c1c(Cl)c(O)c(C)c2c1Oc1c(Cl)c(O)c(Cl)c(C)c1C(=O)O2. The number of carbonyl (C=O) groups is 1. The molecule has 2 aromatic carbocycles. The monoisotopic (exact) mass is 430 g/mol. The highest BCUT2D eigenvalue weighted by Crippen LogP contribution is 2.55. The molecule has 1 heterocycles. The molecular formula is C19H17Cl3O5. The molecule has 0 radical (unpaired) electrons. The zero-order chi connectivity index (χ0) is 20.2. The Hall–Kier alpha value is -1.82. The lowest BCUT2D eigenvalue weighted by molar-refractivity contribution is 0.0735. The van der Waals surface area contributed by atoms with Crippen molar-refractivity contribution in [3.63, 3.8) is 0 Å². The van der Waals surface area contributed by atoms with Crippen molar-refractivity contribution in [2.75, 3.05) is 0 Å². The summed E-state index contributed by atoms with van der Waals surface area (Å²) in [6, 6.07) is 0. The Balaban J connectivity index is 2.42. The van der Waals surface area contributed by atoms with E-state index in [4.69, 9.17) is 44.3 Å². The molecule has 0 spiro atoms. The van der Waals surface area contributed by atoms with Crippen molar-refractivity contribution in [1.29, 1.82) is 0 Å². The van der Waals surface area contributed by atoms with Crippen molar-refractivity contribution in [1.82, 2.24) is 0 Å². The Morgan fingerprint density at radius 1 is 0.889 bits per heavy atom. The smallest absolute Gasteiger partial charge is 0.347 e. The zero-order valence-electron chi connectivity index (χ0n) is 15.0. The molecule has 8 heteroatoms. The van der Waals surface area contributed by atoms with Crippen LogP contribution in [0.15, 0.2) is 0 Å². The second-order valence-electron chi connectivity index (χ2n) is 6.47. The van der Waals surface area contributed by atoms with Gasteiger partial charge in [0.25, 0.3) is 0 Å². The van der Waals surface area contributed by atoms with Crippen LogP contribution in [-0.4, -0.2) is 16.2 Å². The normalized spacial score (nSPS) is 14.0. The second kappa shape index (κ2) is 6.97. The number of esters is 1. The molecule has 1 unspecified atom stereocenters. The lowest BCUT2D eigenvalue weighted by Crippen LogP contribution is -2.10. The predicted molar refractivity (Wildman–Crippen MR) is 104 cm³/mol. The summed E-state index contributed by atoms with van der Waals surface area (Å²) in [6.07, 6.45) is 0.692. The highest BCUT2D eigenvalue weighted by molar-refractivity contribution is 6.39. The standard InChI is InChI=1S/C19H17Cl3O5/c1-5-6(2)9-12(21)14(23)8(4)16-18(9)26-17-10(19(25)27-16)7(3)11(20)15(24)13(17)22/h6,23-24H,5H2,1-4H3. The number of hydrogen-bond acceptors (Lipinski definition) is 5. The van der Waals surface area contributed by atoms with Crippen molar-refractivity contribution in [2.45, 2.75) is 40.0 Å². The third-order valence-corrected chi connectivity index (χ3v) is 6.04. The van der Waals surface area contributed by atoms with E-state index in [0.717, 1.165) is 0 Å². The largest absolute Gasteiger partial charge is 0.506 e. The number of phenolic OH excluding ortho intramolecular Hbond substituents is 2. The molecule has 3 rings (SSSR count). The van der Waals surface area contributed by atoms with E-state index in [0.29, 0.717) is 12.0 Å². The summed E-state index contributed by atoms with van der Waals surface area (Å²) < 4.78 is 11.5. The Bertz CT molecular complexity index is 985. The van der Waals surface area contributed by atoms with Gasteiger partial charge in [0.1, 0.15) is 16.3 Å². The number of carbonyl (C=O) groups excluding carboxylic acids is 1. The fourth-order valence-corrected chi connectivity index (χ4v) is 3.90. The lowest BCUT2D eigenvalue weighted by atomic mass is 9.95. The minimum Gasteiger partial charge on any atom is -0.506 e. The molecule has 0 fully saturated rings. The van der Waals surface area contributed by atoms with Crippen LogP contribution in [0.1, 0.15) is 53.2 Å². The molecule has 1 atom stereocenters. The van der Waals surface area contributed by atoms with E-state index in [2.05, 4.69) is 0 Å². The first-order valence-corrected chi connectivity index (χ1v) is 9.40. The first kappa shape index (κ1) is 19.9. The van der Waals surface area contributed by atoms with Crippen LogP contribution < -0.4 is 9.47 Å². The van der Waals surface area contributed by atoms with Crippen LogP contribution in [0.3, 0.4) is 0 Å². The summed E-state index contributed by atoms with van der Waals surface area (Å²) in [4.78, 5) is 12.8. The highest BCUT2D eigenvalue weighted by Gasteiger charge is 2.35. The van der Waals surface area contributed by atoms with Crippen LogP contribution in [0.5, 0.6) is 28.7 Å². The van der Waals surface area contributed by atoms with E-state index in [1.807, 2.05) is 13.8 Å². The van der Waals surface area contributed by atoms with Gasteiger partial charge in [-0.15, -0.1) is 0 Å². The van der Waals surface area contributed by atoms with Gasteiger partial charge in [0.05, 0.1) is 10.0 Å². The first-order valence-electron chi connectivity index (χ1n) is 8.27. The van der Waals surface area contributed by atoms with E-state index >= 15 is 0 Å². The number of fused-ring (bicyclic) bond motifs is 2. The Kier molecular flexibility index (Phi) is 5.14. The number of hydrogen-bond donors (Lipinski definition) is 2. The number of aromatic hydroxyl groups is 2. The molecule has 0 aromatic heterocycles. The van der Waals surface area contributed by atoms with E-state index in [9.17, 15) is 15.0 Å². The Labute approximate surface area is 171 Å². The van der Waals surface area contributed by atoms with Crippen LogP contribution in [0.2, 0.25) is 15.1 Å². The van der Waals surface area contributed by atoms with Gasteiger partial charge in [0, 0.05) is 11.1 Å². The van der Waals surface area contributed by atoms with Gasteiger partial charge in [0.2, 0.25) is 0 Å². The molecule has 1 aliphatic rings. The minimum atomic E-state index is -0.759. The van der Waals surface area contributed by atoms with Crippen molar-refractivity contribution in [2.24, 2.45) is 0 Å². The number of halogens is 3. The van der Waals surface area contributed by atoms with Crippen LogP contribution in [0.25, 0.3) is 0 Å². The van der Waals surface area contributed by atoms with Crippen molar-refractivity contribution < 1.29 is 24.5 Å². The van der Waals surface area contributed by atoms with Crippen LogP contribution in [0, 0.1) is 13.8 Å². The van der Waals surface area contributed by atoms with Crippen molar-refractivity contribution in [3.05, 3.63) is 37.3 Å². The summed E-state index contributed by atoms with van der Waals surface area (Å²) >= 11 is 18.7. The maximum absolute atomic E-state index is 12.8. The molecular weight excluding hydrogens is 415 g/mol. The van der Waals surface area contributed by atoms with Crippen LogP contribution in [0.4, 0.5) is 0 Å². The molecule has 0 amide bonds. The van der Waals surface area contributed by atoms with Gasteiger partial charge in [-0.1, -0.05) is 48.7 Å². The van der Waals surface area contributed by atoms with Crippen LogP contribution >= 0.6 is 34.8 Å². The Morgan fingerprint density at radius 2 is 1.52 bits per heavy atom. The third kappa shape index (κ3) is 2.89. The third-order valence-electron chi connectivity index (χ3n) is 4.85. The van der Waals surface area contributed by atoms with Crippen LogP contribution in [-0.2, 0) is 0 Å². The summed E-state index contributed by atoms with van der Waals surface area (Å²) in [6.45, 7) is 6.96. The summed E-state index contributed by atoms with van der Waals surface area (Å²) in [5.74, 6) is -1.28. The van der Waals surface area contributed by atoms with Gasteiger partial charge in [-0.3, -0.25) is 0 Å². The van der Waals surface area contributed by atoms with E-state index in [1.54, 1.807) is 13.8 Å². The van der Waals surface area contributed by atoms with Gasteiger partial charge in [-0.25, -0.2) is 4.79 Å². The van der Waals surface area contributed by atoms with Crippen molar-refractivity contribution in [3.8, 4) is 28.7 Å². The van der Waals surface area contributed by atoms with Gasteiger partial charge >= 0.3 is 5.97 Å². The summed E-state index contributed by atoms with van der Waals surface area (Å²) in [5.41, 5.74) is 1.02. The van der Waals surface area contributed by atoms with E-state index in [-0.39, 0.29) is 60.7 Å². The molecule has 0 bridgehead atoms. The van der Waals surface area contributed by atoms with E-state index < -0.39 is 11.7 Å². The molecule has 0 aliphatic carbocycles. The number of benzene rings is 2. The molecule has 144 valence electrons. The minimum absolute atomic E-state index is 0.00381. The fraction of sp³-hybridized carbons (Fsp3) is 0.316. The summed E-state index contributed by atoms with van der Waals surface area (Å²) in [7, 11) is 0. The molecule has 5 nitrogen and oxygen atoms in total. The average molecular weight is 432 g/mol. The fourth-order valence-electron chi connectivity index (χ4n) is 3.02. The predicted octanol–water partition coefficient (Wildman–Crippen LogP) is 6.51. The van der Waals surface area contributed by atoms with Gasteiger partial charge in [-0.2, -0.15) is 0 Å². The first-order chi connectivity index (χ1) is 12.6. The lowest BCUT2D eigenvalue weighted by Gasteiger charge is -2.21. The topological polar surface area (TPSA) is 76.0 Å². The molecule has 27 heavy (non-hydrogen) atoms. The maximum Gasteiger partial charge on any atom is 0.347 e. The molecule has 0 saturated heterocycles.